The molecule has 3 heterocycles. The first-order valence-electron chi connectivity index (χ1n) is 7.52. The topological polar surface area (TPSA) is 50.2 Å². The molecular formula is C19H12BrNO2S2. The van der Waals surface area contributed by atoms with Gasteiger partial charge in [-0.25, -0.2) is 9.78 Å². The quantitative estimate of drug-likeness (QED) is 0.406. The fourth-order valence-electron chi connectivity index (χ4n) is 2.84. The molecule has 3 nitrogen and oxygen atoms in total. The first kappa shape index (κ1) is 16.4. The normalized spacial score (nSPS) is 11.1. The summed E-state index contributed by atoms with van der Waals surface area (Å²) < 4.78 is 1.01. The molecule has 0 amide bonds. The number of halogens is 1. The molecule has 6 heteroatoms. The first-order chi connectivity index (χ1) is 12.0. The SMILES string of the molecule is Cc1c(C(=O)O)sc2nc(-c3ccc(Br)cc3)cc(-c3cccs3)c12. The Labute approximate surface area is 160 Å². The minimum absolute atomic E-state index is 0.355. The van der Waals surface area contributed by atoms with Crippen LogP contribution in [0.2, 0.25) is 0 Å². The Morgan fingerprint density at radius 2 is 1.96 bits per heavy atom. The van der Waals surface area contributed by atoms with Gasteiger partial charge in [-0.1, -0.05) is 34.1 Å². The molecule has 25 heavy (non-hydrogen) atoms. The van der Waals surface area contributed by atoms with E-state index in [0.29, 0.717) is 4.88 Å². The molecule has 0 saturated carbocycles. The van der Waals surface area contributed by atoms with E-state index in [-0.39, 0.29) is 0 Å². The van der Waals surface area contributed by atoms with Crippen LogP contribution in [0.4, 0.5) is 0 Å². The number of aromatic carboxylic acids is 1. The fourth-order valence-corrected chi connectivity index (χ4v) is 4.90. The standard InChI is InChI=1S/C19H12BrNO2S2/c1-10-16-13(15-3-2-8-24-15)9-14(11-4-6-12(20)7-5-11)21-18(16)25-17(10)19(22)23/h2-9H,1H3,(H,22,23). The Kier molecular flexibility index (Phi) is 4.19. The summed E-state index contributed by atoms with van der Waals surface area (Å²) in [6.45, 7) is 1.86. The second-order valence-corrected chi connectivity index (χ2v) is 8.44. The van der Waals surface area contributed by atoms with Gasteiger partial charge >= 0.3 is 5.97 Å². The molecule has 0 atom stereocenters. The number of benzene rings is 1. The Hall–Kier alpha value is -2.02. The Bertz CT molecular complexity index is 1080. The molecule has 0 radical (unpaired) electrons. The summed E-state index contributed by atoms with van der Waals surface area (Å²) in [6.07, 6.45) is 0. The van der Waals surface area contributed by atoms with Crippen molar-refractivity contribution >= 4 is 54.8 Å². The van der Waals surface area contributed by atoms with Gasteiger partial charge in [-0.3, -0.25) is 0 Å². The highest BCUT2D eigenvalue weighted by Gasteiger charge is 2.20. The number of hydrogen-bond donors (Lipinski definition) is 1. The number of carboxylic acid groups (broad SMARTS) is 1. The largest absolute Gasteiger partial charge is 0.477 e. The van der Waals surface area contributed by atoms with E-state index in [1.54, 1.807) is 11.3 Å². The van der Waals surface area contributed by atoms with Crippen LogP contribution >= 0.6 is 38.6 Å². The maximum Gasteiger partial charge on any atom is 0.346 e. The summed E-state index contributed by atoms with van der Waals surface area (Å²) in [5, 5.41) is 12.4. The highest BCUT2D eigenvalue weighted by atomic mass is 79.9. The number of thiophene rings is 2. The van der Waals surface area contributed by atoms with Gasteiger partial charge in [0.2, 0.25) is 0 Å². The fraction of sp³-hybridized carbons (Fsp3) is 0.0526. The van der Waals surface area contributed by atoms with Crippen molar-refractivity contribution in [1.29, 1.82) is 0 Å². The number of rotatable bonds is 3. The van der Waals surface area contributed by atoms with E-state index < -0.39 is 5.97 Å². The minimum atomic E-state index is -0.900. The van der Waals surface area contributed by atoms with Gasteiger partial charge in [-0.05, 0) is 42.1 Å². The van der Waals surface area contributed by atoms with Crippen molar-refractivity contribution in [1.82, 2.24) is 4.98 Å². The number of fused-ring (bicyclic) bond motifs is 1. The predicted octanol–water partition coefficient (Wildman–Crippen LogP) is 6.46. The highest BCUT2D eigenvalue weighted by molar-refractivity contribution is 9.10. The van der Waals surface area contributed by atoms with Crippen LogP contribution in [0.1, 0.15) is 15.2 Å². The third kappa shape index (κ3) is 2.90. The van der Waals surface area contributed by atoms with Crippen molar-refractivity contribution in [2.75, 3.05) is 0 Å². The molecule has 0 unspecified atom stereocenters. The summed E-state index contributed by atoms with van der Waals surface area (Å²) in [4.78, 5) is 18.5. The van der Waals surface area contributed by atoms with E-state index in [2.05, 4.69) is 28.1 Å². The smallest absolute Gasteiger partial charge is 0.346 e. The number of nitrogens with zero attached hydrogens (tertiary/aromatic N) is 1. The van der Waals surface area contributed by atoms with Crippen molar-refractivity contribution in [3.63, 3.8) is 0 Å². The Morgan fingerprint density at radius 3 is 2.60 bits per heavy atom. The second kappa shape index (κ2) is 6.37. The molecule has 0 fully saturated rings. The summed E-state index contributed by atoms with van der Waals surface area (Å²) in [6, 6.07) is 14.1. The van der Waals surface area contributed by atoms with Crippen molar-refractivity contribution in [2.45, 2.75) is 6.92 Å². The zero-order valence-electron chi connectivity index (χ0n) is 13.1. The number of aryl methyl sites for hydroxylation is 1. The maximum absolute atomic E-state index is 11.6. The van der Waals surface area contributed by atoms with E-state index in [1.807, 2.05) is 42.6 Å². The number of aromatic nitrogens is 1. The van der Waals surface area contributed by atoms with E-state index in [4.69, 9.17) is 4.98 Å². The Balaban J connectivity index is 2.04. The first-order valence-corrected chi connectivity index (χ1v) is 10.0. The summed E-state index contributed by atoms with van der Waals surface area (Å²) in [7, 11) is 0. The second-order valence-electron chi connectivity index (χ2n) is 5.58. The Morgan fingerprint density at radius 1 is 1.20 bits per heavy atom. The van der Waals surface area contributed by atoms with Gasteiger partial charge in [-0.2, -0.15) is 0 Å². The number of hydrogen-bond acceptors (Lipinski definition) is 4. The van der Waals surface area contributed by atoms with Crippen LogP contribution in [-0.2, 0) is 0 Å². The molecule has 0 spiro atoms. The van der Waals surface area contributed by atoms with E-state index in [1.165, 1.54) is 11.3 Å². The van der Waals surface area contributed by atoms with Gasteiger partial charge in [0.1, 0.15) is 9.71 Å². The van der Waals surface area contributed by atoms with Crippen molar-refractivity contribution < 1.29 is 9.90 Å². The molecule has 1 aromatic carbocycles. The summed E-state index contributed by atoms with van der Waals surface area (Å²) in [5.41, 5.74) is 3.68. The van der Waals surface area contributed by atoms with Gasteiger partial charge in [-0.15, -0.1) is 22.7 Å². The molecule has 1 N–H and O–H groups in total. The van der Waals surface area contributed by atoms with Crippen LogP contribution in [0.25, 0.3) is 31.9 Å². The van der Waals surface area contributed by atoms with Crippen LogP contribution in [0.15, 0.2) is 52.3 Å². The third-order valence-electron chi connectivity index (χ3n) is 4.02. The van der Waals surface area contributed by atoms with Crippen molar-refractivity contribution in [3.05, 3.63) is 62.8 Å². The van der Waals surface area contributed by atoms with Crippen molar-refractivity contribution in [3.8, 4) is 21.7 Å². The number of pyridine rings is 1. The molecule has 0 aliphatic heterocycles. The predicted molar refractivity (Wildman–Crippen MR) is 108 cm³/mol. The maximum atomic E-state index is 11.6. The van der Waals surface area contributed by atoms with Gasteiger partial charge in [0.25, 0.3) is 0 Å². The van der Waals surface area contributed by atoms with Crippen LogP contribution in [0.3, 0.4) is 0 Å². The highest BCUT2D eigenvalue weighted by Crippen LogP contribution is 2.40. The third-order valence-corrected chi connectivity index (χ3v) is 6.63. The van der Waals surface area contributed by atoms with Gasteiger partial charge in [0.15, 0.2) is 0 Å². The molecule has 0 bridgehead atoms. The molecule has 0 aliphatic carbocycles. The zero-order valence-corrected chi connectivity index (χ0v) is 16.3. The summed E-state index contributed by atoms with van der Waals surface area (Å²) in [5.74, 6) is -0.900. The molecule has 0 saturated heterocycles. The van der Waals surface area contributed by atoms with E-state index in [9.17, 15) is 9.90 Å². The average Bonchev–Trinajstić information content (AvgIpc) is 3.23. The molecular weight excluding hydrogens is 418 g/mol. The van der Waals surface area contributed by atoms with Crippen molar-refractivity contribution in [2.24, 2.45) is 0 Å². The molecule has 4 aromatic rings. The zero-order chi connectivity index (χ0) is 17.6. The lowest BCUT2D eigenvalue weighted by Gasteiger charge is -2.07. The molecule has 4 rings (SSSR count). The van der Waals surface area contributed by atoms with Gasteiger partial charge in [0.05, 0.1) is 5.69 Å². The van der Waals surface area contributed by atoms with E-state index >= 15 is 0 Å². The number of carbonyl (C=O) groups is 1. The van der Waals surface area contributed by atoms with Crippen LogP contribution < -0.4 is 0 Å². The van der Waals surface area contributed by atoms with Gasteiger partial charge in [0, 0.05) is 25.9 Å². The number of carboxylic acids is 1. The molecule has 0 aliphatic rings. The summed E-state index contributed by atoms with van der Waals surface area (Å²) >= 11 is 6.34. The average molecular weight is 430 g/mol. The lowest BCUT2D eigenvalue weighted by atomic mass is 10.0. The lowest BCUT2D eigenvalue weighted by Crippen LogP contribution is -1.94. The van der Waals surface area contributed by atoms with Crippen LogP contribution in [0, 0.1) is 6.92 Å². The lowest BCUT2D eigenvalue weighted by molar-refractivity contribution is 0.0701. The van der Waals surface area contributed by atoms with Crippen LogP contribution in [0.5, 0.6) is 0 Å². The van der Waals surface area contributed by atoms with Gasteiger partial charge < -0.3 is 5.11 Å². The molecule has 3 aromatic heterocycles. The molecule has 124 valence electrons. The minimum Gasteiger partial charge on any atom is -0.477 e. The van der Waals surface area contributed by atoms with E-state index in [0.717, 1.165) is 42.0 Å². The monoisotopic (exact) mass is 429 g/mol. The van der Waals surface area contributed by atoms with Crippen LogP contribution in [-0.4, -0.2) is 16.1 Å².